The van der Waals surface area contributed by atoms with Crippen molar-refractivity contribution in [2.75, 3.05) is 7.05 Å². The van der Waals surface area contributed by atoms with Gasteiger partial charge in [-0.2, -0.15) is 0 Å². The molecule has 2 N–H and O–H groups in total. The van der Waals surface area contributed by atoms with Gasteiger partial charge in [-0.05, 0) is 23.8 Å². The lowest BCUT2D eigenvalue weighted by atomic mass is 10.1. The molecule has 0 aromatic heterocycles. The van der Waals surface area contributed by atoms with E-state index in [1.165, 1.54) is 0 Å². The summed E-state index contributed by atoms with van der Waals surface area (Å²) >= 11 is 6.69. The van der Waals surface area contributed by atoms with Crippen molar-refractivity contribution in [1.29, 1.82) is 0 Å². The van der Waals surface area contributed by atoms with E-state index in [4.69, 9.17) is 0 Å². The summed E-state index contributed by atoms with van der Waals surface area (Å²) in [5.74, 6) is -0.590. The summed E-state index contributed by atoms with van der Waals surface area (Å²) in [4.78, 5) is 24.5. The van der Waals surface area contributed by atoms with Gasteiger partial charge in [-0.3, -0.25) is 9.59 Å². The highest BCUT2D eigenvalue weighted by Crippen LogP contribution is 2.21. The summed E-state index contributed by atoms with van der Waals surface area (Å²) < 4.78 is 1.56. The van der Waals surface area contributed by atoms with Crippen LogP contribution in [0.1, 0.15) is 22.0 Å². The molecule has 0 radical (unpaired) electrons. The average molecular weight is 426 g/mol. The molecule has 2 aromatic rings. The van der Waals surface area contributed by atoms with Crippen LogP contribution in [0.15, 0.2) is 57.5 Å². The van der Waals surface area contributed by atoms with E-state index in [0.717, 1.165) is 14.5 Å². The molecule has 0 aliphatic heterocycles. The molecule has 6 heteroatoms. The molecule has 0 saturated heterocycles. The highest BCUT2D eigenvalue weighted by atomic mass is 79.9. The summed E-state index contributed by atoms with van der Waals surface area (Å²) in [7, 11) is 1.54. The van der Waals surface area contributed by atoms with Crippen molar-refractivity contribution in [2.24, 2.45) is 0 Å². The number of hydrogen-bond donors (Lipinski definition) is 2. The Labute approximate surface area is 145 Å². The van der Waals surface area contributed by atoms with Crippen LogP contribution in [0.4, 0.5) is 0 Å². The summed E-state index contributed by atoms with van der Waals surface area (Å²) in [6.45, 7) is 0. The maximum Gasteiger partial charge on any atom is 0.252 e. The first-order valence-corrected chi connectivity index (χ1v) is 8.13. The molecule has 2 rings (SSSR count). The Kier molecular flexibility index (Phi) is 5.74. The quantitative estimate of drug-likeness (QED) is 0.788. The Balaban J connectivity index is 2.27. The number of benzene rings is 2. The van der Waals surface area contributed by atoms with Crippen molar-refractivity contribution in [3.8, 4) is 0 Å². The van der Waals surface area contributed by atoms with E-state index < -0.39 is 6.04 Å². The van der Waals surface area contributed by atoms with Gasteiger partial charge in [-0.15, -0.1) is 0 Å². The molecule has 0 bridgehead atoms. The molecule has 114 valence electrons. The third-order valence-electron chi connectivity index (χ3n) is 3.04. The van der Waals surface area contributed by atoms with Crippen molar-refractivity contribution in [2.45, 2.75) is 6.04 Å². The maximum atomic E-state index is 12.4. The molecular formula is C16H14Br2N2O2. The molecule has 0 aliphatic rings. The van der Waals surface area contributed by atoms with Crippen LogP contribution >= 0.6 is 31.9 Å². The predicted octanol–water partition coefficient (Wildman–Crippen LogP) is 3.43. The molecule has 1 atom stereocenters. The van der Waals surface area contributed by atoms with E-state index in [2.05, 4.69) is 42.5 Å². The van der Waals surface area contributed by atoms with Crippen LogP contribution in [-0.4, -0.2) is 18.9 Å². The van der Waals surface area contributed by atoms with Crippen LogP contribution in [0, 0.1) is 0 Å². The second-order valence-corrected chi connectivity index (χ2v) is 6.42. The van der Waals surface area contributed by atoms with E-state index in [1.807, 2.05) is 24.3 Å². The fourth-order valence-electron chi connectivity index (χ4n) is 1.99. The standard InChI is InChI=1S/C16H14Br2N2O2/c1-19-16(22)14(10-5-3-2-4-6-10)20-15(21)11-7-12(17)9-13(18)8-11/h2-9,14H,1H3,(H,19,22)(H,20,21)/t14-/m1/s1. The van der Waals surface area contributed by atoms with Gasteiger partial charge in [0.2, 0.25) is 5.91 Å². The first kappa shape index (κ1) is 16.7. The molecule has 0 aliphatic carbocycles. The lowest BCUT2D eigenvalue weighted by Gasteiger charge is -2.18. The number of carbonyl (C=O) groups is 2. The van der Waals surface area contributed by atoms with Gasteiger partial charge in [-0.25, -0.2) is 0 Å². The summed E-state index contributed by atoms with van der Waals surface area (Å²) in [5, 5.41) is 5.33. The molecule has 0 spiro atoms. The number of halogens is 2. The second kappa shape index (κ2) is 7.56. The molecule has 0 saturated carbocycles. The van der Waals surface area contributed by atoms with E-state index in [1.54, 1.807) is 31.3 Å². The third kappa shape index (κ3) is 4.18. The lowest BCUT2D eigenvalue weighted by Crippen LogP contribution is -2.39. The van der Waals surface area contributed by atoms with Crippen LogP contribution in [0.2, 0.25) is 0 Å². The molecule has 0 fully saturated rings. The van der Waals surface area contributed by atoms with E-state index in [0.29, 0.717) is 5.56 Å². The van der Waals surface area contributed by atoms with E-state index >= 15 is 0 Å². The van der Waals surface area contributed by atoms with Gasteiger partial charge in [0.25, 0.3) is 5.91 Å². The zero-order chi connectivity index (χ0) is 16.1. The Hall–Kier alpha value is -1.66. The fourth-order valence-corrected chi connectivity index (χ4v) is 3.28. The Morgan fingerprint density at radius 1 is 1.00 bits per heavy atom. The number of rotatable bonds is 4. The molecule has 2 amide bonds. The number of nitrogens with one attached hydrogen (secondary N) is 2. The van der Waals surface area contributed by atoms with Crippen LogP contribution in [0.5, 0.6) is 0 Å². The number of amides is 2. The van der Waals surface area contributed by atoms with Gasteiger partial charge < -0.3 is 10.6 Å². The smallest absolute Gasteiger partial charge is 0.252 e. The Bertz CT molecular complexity index is 670. The van der Waals surface area contributed by atoms with Gasteiger partial charge in [-0.1, -0.05) is 62.2 Å². The second-order valence-electron chi connectivity index (χ2n) is 4.59. The summed E-state index contributed by atoms with van der Waals surface area (Å²) in [5.41, 5.74) is 1.19. The lowest BCUT2D eigenvalue weighted by molar-refractivity contribution is -0.122. The average Bonchev–Trinajstić information content (AvgIpc) is 2.51. The van der Waals surface area contributed by atoms with Gasteiger partial charge in [0.05, 0.1) is 0 Å². The van der Waals surface area contributed by atoms with Crippen molar-refractivity contribution < 1.29 is 9.59 Å². The third-order valence-corrected chi connectivity index (χ3v) is 3.96. The first-order chi connectivity index (χ1) is 10.5. The monoisotopic (exact) mass is 424 g/mol. The molecule has 0 unspecified atom stereocenters. The van der Waals surface area contributed by atoms with Gasteiger partial charge >= 0.3 is 0 Å². The zero-order valence-corrected chi connectivity index (χ0v) is 14.9. The SMILES string of the molecule is CNC(=O)[C@H](NC(=O)c1cc(Br)cc(Br)c1)c1ccccc1. The van der Waals surface area contributed by atoms with Crippen LogP contribution in [0.25, 0.3) is 0 Å². The van der Waals surface area contributed by atoms with Gasteiger partial charge in [0.15, 0.2) is 0 Å². The molecule has 4 nitrogen and oxygen atoms in total. The van der Waals surface area contributed by atoms with Crippen molar-refractivity contribution >= 4 is 43.7 Å². The van der Waals surface area contributed by atoms with E-state index in [9.17, 15) is 9.59 Å². The van der Waals surface area contributed by atoms with Crippen LogP contribution < -0.4 is 10.6 Å². The van der Waals surface area contributed by atoms with Crippen LogP contribution in [-0.2, 0) is 4.79 Å². The molecular weight excluding hydrogens is 412 g/mol. The highest BCUT2D eigenvalue weighted by molar-refractivity contribution is 9.11. The summed E-state index contributed by atoms with van der Waals surface area (Å²) in [6, 6.07) is 13.6. The van der Waals surface area contributed by atoms with Crippen molar-refractivity contribution in [3.63, 3.8) is 0 Å². The largest absolute Gasteiger partial charge is 0.357 e. The minimum Gasteiger partial charge on any atom is -0.357 e. The van der Waals surface area contributed by atoms with Crippen LogP contribution in [0.3, 0.4) is 0 Å². The minimum absolute atomic E-state index is 0.270. The number of likely N-dealkylation sites (N-methyl/N-ethyl adjacent to an activating group) is 1. The Morgan fingerprint density at radius 2 is 1.59 bits per heavy atom. The molecule has 2 aromatic carbocycles. The van der Waals surface area contributed by atoms with Gasteiger partial charge in [0.1, 0.15) is 6.04 Å². The zero-order valence-electron chi connectivity index (χ0n) is 11.8. The summed E-state index contributed by atoms with van der Waals surface area (Å²) in [6.07, 6.45) is 0. The number of hydrogen-bond acceptors (Lipinski definition) is 2. The molecule has 0 heterocycles. The normalized spacial score (nSPS) is 11.6. The Morgan fingerprint density at radius 3 is 2.14 bits per heavy atom. The fraction of sp³-hybridized carbons (Fsp3) is 0.125. The topological polar surface area (TPSA) is 58.2 Å². The van der Waals surface area contributed by atoms with Crippen molar-refractivity contribution in [3.05, 3.63) is 68.6 Å². The highest BCUT2D eigenvalue weighted by Gasteiger charge is 2.22. The minimum atomic E-state index is -0.739. The number of carbonyl (C=O) groups excluding carboxylic acids is 2. The molecule has 22 heavy (non-hydrogen) atoms. The maximum absolute atomic E-state index is 12.4. The van der Waals surface area contributed by atoms with Crippen molar-refractivity contribution in [1.82, 2.24) is 10.6 Å². The van der Waals surface area contributed by atoms with Gasteiger partial charge in [0, 0.05) is 21.6 Å². The first-order valence-electron chi connectivity index (χ1n) is 6.54. The predicted molar refractivity (Wildman–Crippen MR) is 92.6 cm³/mol. The van der Waals surface area contributed by atoms with E-state index in [-0.39, 0.29) is 11.8 Å².